The average Bonchev–Trinajstić information content (AvgIpc) is 2.69. The molecular formula is C12H11BrN2O2. The minimum absolute atomic E-state index is 0.215. The molecule has 0 spiro atoms. The maximum absolute atomic E-state index is 11.8. The topological polar surface area (TPSA) is 68.3 Å². The highest BCUT2D eigenvalue weighted by Gasteiger charge is 2.10. The van der Waals surface area contributed by atoms with Gasteiger partial charge in [-0.3, -0.25) is 4.79 Å². The largest absolute Gasteiger partial charge is 0.469 e. The van der Waals surface area contributed by atoms with Crippen LogP contribution in [0.4, 0.5) is 11.4 Å². The van der Waals surface area contributed by atoms with E-state index in [-0.39, 0.29) is 5.91 Å². The maximum atomic E-state index is 11.8. The summed E-state index contributed by atoms with van der Waals surface area (Å²) in [5, 5.41) is 2.77. The molecule has 0 aliphatic rings. The van der Waals surface area contributed by atoms with Crippen LogP contribution in [0.25, 0.3) is 0 Å². The van der Waals surface area contributed by atoms with E-state index in [4.69, 9.17) is 10.2 Å². The van der Waals surface area contributed by atoms with Gasteiger partial charge in [-0.1, -0.05) is 0 Å². The molecular weight excluding hydrogens is 284 g/mol. The Morgan fingerprint density at radius 2 is 2.18 bits per heavy atom. The quantitative estimate of drug-likeness (QED) is 0.836. The average molecular weight is 295 g/mol. The fourth-order valence-corrected chi connectivity index (χ4v) is 1.89. The molecule has 5 heteroatoms. The van der Waals surface area contributed by atoms with Crippen LogP contribution in [0.1, 0.15) is 16.1 Å². The zero-order valence-electron chi connectivity index (χ0n) is 9.16. The van der Waals surface area contributed by atoms with Gasteiger partial charge in [0.1, 0.15) is 12.0 Å². The van der Waals surface area contributed by atoms with E-state index in [0.717, 1.165) is 4.47 Å². The number of nitrogens with one attached hydrogen (secondary N) is 1. The van der Waals surface area contributed by atoms with Crippen molar-refractivity contribution in [2.24, 2.45) is 0 Å². The number of aryl methyl sites for hydroxylation is 1. The minimum atomic E-state index is -0.215. The van der Waals surface area contributed by atoms with E-state index in [2.05, 4.69) is 21.2 Å². The van der Waals surface area contributed by atoms with Crippen molar-refractivity contribution in [2.45, 2.75) is 6.92 Å². The zero-order valence-corrected chi connectivity index (χ0v) is 10.7. The predicted molar refractivity (Wildman–Crippen MR) is 70.0 cm³/mol. The lowest BCUT2D eigenvalue weighted by Gasteiger charge is -2.06. The molecule has 0 unspecified atom stereocenters. The van der Waals surface area contributed by atoms with Gasteiger partial charge < -0.3 is 15.5 Å². The normalized spacial score (nSPS) is 10.2. The molecule has 0 saturated carbocycles. The standard InChI is InChI=1S/C12H11BrN2O2/c1-7-4-8(6-17-7)12(16)15-11-3-2-9(14)5-10(11)13/h2-6H,14H2,1H3,(H,15,16). The van der Waals surface area contributed by atoms with E-state index in [1.807, 2.05) is 0 Å². The molecule has 0 atom stereocenters. The van der Waals surface area contributed by atoms with Crippen molar-refractivity contribution in [3.8, 4) is 0 Å². The van der Waals surface area contributed by atoms with Crippen LogP contribution >= 0.6 is 15.9 Å². The highest BCUT2D eigenvalue weighted by atomic mass is 79.9. The monoisotopic (exact) mass is 294 g/mol. The first kappa shape index (κ1) is 11.7. The number of anilines is 2. The predicted octanol–water partition coefficient (Wildman–Crippen LogP) is 3.19. The minimum Gasteiger partial charge on any atom is -0.469 e. The van der Waals surface area contributed by atoms with Gasteiger partial charge in [0.2, 0.25) is 0 Å². The van der Waals surface area contributed by atoms with Crippen LogP contribution in [0, 0.1) is 6.92 Å². The molecule has 1 aromatic carbocycles. The van der Waals surface area contributed by atoms with Crippen LogP contribution in [0.5, 0.6) is 0 Å². The number of furan rings is 1. The summed E-state index contributed by atoms with van der Waals surface area (Å²) in [6.07, 6.45) is 1.43. The molecule has 0 aliphatic carbocycles. The SMILES string of the molecule is Cc1cc(C(=O)Nc2ccc(N)cc2Br)co1. The van der Waals surface area contributed by atoms with Crippen LogP contribution < -0.4 is 11.1 Å². The highest BCUT2D eigenvalue weighted by Crippen LogP contribution is 2.25. The first-order valence-corrected chi connectivity index (χ1v) is 5.77. The molecule has 2 aromatic rings. The third-order valence-electron chi connectivity index (χ3n) is 2.23. The Morgan fingerprint density at radius 3 is 2.76 bits per heavy atom. The number of rotatable bonds is 2. The van der Waals surface area contributed by atoms with E-state index < -0.39 is 0 Å². The van der Waals surface area contributed by atoms with Crippen molar-refractivity contribution < 1.29 is 9.21 Å². The summed E-state index contributed by atoms with van der Waals surface area (Å²) in [7, 11) is 0. The van der Waals surface area contributed by atoms with Gasteiger partial charge in [0.05, 0.1) is 11.3 Å². The van der Waals surface area contributed by atoms with Crippen molar-refractivity contribution in [2.75, 3.05) is 11.1 Å². The zero-order chi connectivity index (χ0) is 12.4. The van der Waals surface area contributed by atoms with Gasteiger partial charge >= 0.3 is 0 Å². The van der Waals surface area contributed by atoms with E-state index in [9.17, 15) is 4.79 Å². The first-order valence-electron chi connectivity index (χ1n) is 4.98. The lowest BCUT2D eigenvalue weighted by Crippen LogP contribution is -2.11. The molecule has 1 aromatic heterocycles. The molecule has 1 heterocycles. The summed E-state index contributed by atoms with van der Waals surface area (Å²) in [5.41, 5.74) is 7.41. The van der Waals surface area contributed by atoms with Crippen molar-refractivity contribution in [1.29, 1.82) is 0 Å². The third kappa shape index (κ3) is 2.68. The number of nitrogen functional groups attached to an aromatic ring is 1. The number of benzene rings is 1. The summed E-state index contributed by atoms with van der Waals surface area (Å²) in [5.74, 6) is 0.485. The number of carbonyl (C=O) groups excluding carboxylic acids is 1. The van der Waals surface area contributed by atoms with Crippen LogP contribution in [0.15, 0.2) is 39.4 Å². The number of amides is 1. The number of halogens is 1. The van der Waals surface area contributed by atoms with Crippen LogP contribution in [0.3, 0.4) is 0 Å². The smallest absolute Gasteiger partial charge is 0.258 e. The summed E-state index contributed by atoms with van der Waals surface area (Å²) < 4.78 is 5.82. The van der Waals surface area contributed by atoms with Crippen LogP contribution in [-0.4, -0.2) is 5.91 Å². The summed E-state index contributed by atoms with van der Waals surface area (Å²) >= 11 is 3.34. The van der Waals surface area contributed by atoms with Gasteiger partial charge in [0, 0.05) is 10.2 Å². The van der Waals surface area contributed by atoms with E-state index in [1.165, 1.54) is 6.26 Å². The highest BCUT2D eigenvalue weighted by molar-refractivity contribution is 9.10. The van der Waals surface area contributed by atoms with Gasteiger partial charge in [0.15, 0.2) is 0 Å². The van der Waals surface area contributed by atoms with Crippen molar-refractivity contribution in [3.05, 3.63) is 46.3 Å². The second-order valence-electron chi connectivity index (χ2n) is 3.64. The molecule has 4 nitrogen and oxygen atoms in total. The fourth-order valence-electron chi connectivity index (χ4n) is 1.39. The van der Waals surface area contributed by atoms with Gasteiger partial charge in [-0.25, -0.2) is 0 Å². The Hall–Kier alpha value is -1.75. The lowest BCUT2D eigenvalue weighted by atomic mass is 10.2. The number of hydrogen-bond acceptors (Lipinski definition) is 3. The van der Waals surface area contributed by atoms with Crippen LogP contribution in [-0.2, 0) is 0 Å². The molecule has 0 saturated heterocycles. The molecule has 1 amide bonds. The van der Waals surface area contributed by atoms with Crippen molar-refractivity contribution in [3.63, 3.8) is 0 Å². The van der Waals surface area contributed by atoms with Gasteiger partial charge in [-0.2, -0.15) is 0 Å². The molecule has 0 aliphatic heterocycles. The molecule has 3 N–H and O–H groups in total. The van der Waals surface area contributed by atoms with E-state index in [1.54, 1.807) is 31.2 Å². The maximum Gasteiger partial charge on any atom is 0.258 e. The van der Waals surface area contributed by atoms with E-state index in [0.29, 0.717) is 22.7 Å². The Labute approximate surface area is 107 Å². The Kier molecular flexibility index (Phi) is 3.19. The van der Waals surface area contributed by atoms with Crippen molar-refractivity contribution >= 4 is 33.2 Å². The van der Waals surface area contributed by atoms with Crippen LogP contribution in [0.2, 0.25) is 0 Å². The van der Waals surface area contributed by atoms with Gasteiger partial charge in [-0.05, 0) is 47.1 Å². The summed E-state index contributed by atoms with van der Waals surface area (Å²) in [4.78, 5) is 11.8. The van der Waals surface area contributed by atoms with Gasteiger partial charge in [-0.15, -0.1) is 0 Å². The van der Waals surface area contributed by atoms with Gasteiger partial charge in [0.25, 0.3) is 5.91 Å². The molecule has 0 bridgehead atoms. The van der Waals surface area contributed by atoms with Crippen molar-refractivity contribution in [1.82, 2.24) is 0 Å². The molecule has 88 valence electrons. The first-order chi connectivity index (χ1) is 8.06. The fraction of sp³-hybridized carbons (Fsp3) is 0.0833. The molecule has 0 fully saturated rings. The molecule has 2 rings (SSSR count). The Bertz CT molecular complexity index is 563. The third-order valence-corrected chi connectivity index (χ3v) is 2.89. The van der Waals surface area contributed by atoms with E-state index >= 15 is 0 Å². The summed E-state index contributed by atoms with van der Waals surface area (Å²) in [6.45, 7) is 1.79. The Balaban J connectivity index is 2.18. The molecule has 0 radical (unpaired) electrons. The second kappa shape index (κ2) is 4.63. The number of carbonyl (C=O) groups is 1. The molecule has 17 heavy (non-hydrogen) atoms. The second-order valence-corrected chi connectivity index (χ2v) is 4.49. The number of nitrogens with two attached hydrogens (primary N) is 1. The Morgan fingerprint density at radius 1 is 1.41 bits per heavy atom. The summed E-state index contributed by atoms with van der Waals surface area (Å²) in [6, 6.07) is 6.88. The lowest BCUT2D eigenvalue weighted by molar-refractivity contribution is 0.102. The number of hydrogen-bond donors (Lipinski definition) is 2.